The number of amides is 4. The Morgan fingerprint density at radius 3 is 1.33 bits per heavy atom. The summed E-state index contributed by atoms with van der Waals surface area (Å²) in [5.74, 6) is 0.143. The lowest BCUT2D eigenvalue weighted by atomic mass is 10.1. The van der Waals surface area contributed by atoms with Crippen molar-refractivity contribution in [2.45, 2.75) is 95.1 Å². The Bertz CT molecular complexity index is 2120. The van der Waals surface area contributed by atoms with Crippen LogP contribution in [0.5, 0.6) is 0 Å². The zero-order valence-corrected chi connectivity index (χ0v) is 35.5. The number of urea groups is 2. The van der Waals surface area contributed by atoms with Gasteiger partial charge in [0.25, 0.3) is 0 Å². The fraction of sp³-hybridized carbons (Fsp3) is 0.400. The Kier molecular flexibility index (Phi) is 19.0. The fourth-order valence-corrected chi connectivity index (χ4v) is 6.60. The molecular weight excluding hydrogens is 899 g/mol. The largest absolute Gasteiger partial charge is 0.416 e. The van der Waals surface area contributed by atoms with E-state index in [1.165, 1.54) is 0 Å². The lowest BCUT2D eigenvalue weighted by Gasteiger charge is -2.23. The summed E-state index contributed by atoms with van der Waals surface area (Å²) in [7, 11) is 0. The van der Waals surface area contributed by atoms with Crippen LogP contribution in [-0.4, -0.2) is 49.7 Å². The molecule has 6 N–H and O–H groups in total. The summed E-state index contributed by atoms with van der Waals surface area (Å²) >= 11 is 0. The maximum atomic E-state index is 13.5. The summed E-state index contributed by atoms with van der Waals surface area (Å²) < 4.78 is 162. The van der Waals surface area contributed by atoms with Gasteiger partial charge in [-0.2, -0.15) is 52.7 Å². The highest BCUT2D eigenvalue weighted by atomic mass is 19.4. The van der Waals surface area contributed by atoms with Crippen molar-refractivity contribution in [3.8, 4) is 0 Å². The molecule has 0 bridgehead atoms. The number of anilines is 2. The Morgan fingerprint density at radius 2 is 0.909 bits per heavy atom. The maximum Gasteiger partial charge on any atom is 0.416 e. The van der Waals surface area contributed by atoms with Crippen LogP contribution in [0, 0.1) is 0 Å². The van der Waals surface area contributed by atoms with Crippen molar-refractivity contribution in [1.82, 2.24) is 21.3 Å². The van der Waals surface area contributed by atoms with Gasteiger partial charge in [-0.05, 0) is 66.8 Å². The van der Waals surface area contributed by atoms with Gasteiger partial charge in [0.05, 0.1) is 40.9 Å². The van der Waals surface area contributed by atoms with E-state index in [0.29, 0.717) is 48.4 Å². The van der Waals surface area contributed by atoms with Crippen molar-refractivity contribution in [3.05, 3.63) is 130 Å². The number of nitrogens with zero attached hydrogens (tertiary/aromatic N) is 1. The zero-order chi connectivity index (χ0) is 48.5. The molecule has 0 unspecified atom stereocenters. The van der Waals surface area contributed by atoms with Crippen LogP contribution in [0.1, 0.15) is 78.8 Å². The molecular formula is C45H49F12N7O2. The molecule has 0 radical (unpaired) electrons. The van der Waals surface area contributed by atoms with Crippen molar-refractivity contribution < 1.29 is 62.3 Å². The lowest BCUT2D eigenvalue weighted by molar-refractivity contribution is -0.144. The molecule has 66 heavy (non-hydrogen) atoms. The predicted octanol–water partition coefficient (Wildman–Crippen LogP) is 11.8. The molecule has 0 aliphatic heterocycles. The molecule has 2 atom stereocenters. The number of benzene rings is 4. The number of carbonyl (C=O) groups is 2. The molecule has 0 saturated heterocycles. The number of hydrogen-bond acceptors (Lipinski definition) is 3. The monoisotopic (exact) mass is 947 g/mol. The molecule has 9 nitrogen and oxygen atoms in total. The van der Waals surface area contributed by atoms with Crippen LogP contribution in [0.4, 0.5) is 73.6 Å². The second kappa shape index (κ2) is 23.9. The molecule has 0 aliphatic carbocycles. The van der Waals surface area contributed by atoms with Gasteiger partial charge in [0.2, 0.25) is 0 Å². The summed E-state index contributed by atoms with van der Waals surface area (Å²) in [6, 6.07) is 14.5. The Hall–Kier alpha value is -6.15. The van der Waals surface area contributed by atoms with E-state index < -0.39 is 82.5 Å². The minimum Gasteiger partial charge on any atom is -0.356 e. The highest BCUT2D eigenvalue weighted by molar-refractivity contribution is 5.90. The van der Waals surface area contributed by atoms with Gasteiger partial charge in [0.1, 0.15) is 0 Å². The Labute approximate surface area is 373 Å². The van der Waals surface area contributed by atoms with E-state index in [1.807, 2.05) is 0 Å². The Balaban J connectivity index is 1.59. The minimum absolute atomic E-state index is 0.0694. The molecule has 4 aromatic rings. The molecule has 4 rings (SSSR count). The van der Waals surface area contributed by atoms with Gasteiger partial charge in [-0.1, -0.05) is 99.7 Å². The highest BCUT2D eigenvalue weighted by Gasteiger charge is 2.38. The van der Waals surface area contributed by atoms with E-state index in [4.69, 9.17) is 0 Å². The molecule has 0 aliphatic rings. The van der Waals surface area contributed by atoms with Gasteiger partial charge < -0.3 is 31.9 Å². The summed E-state index contributed by atoms with van der Waals surface area (Å²) in [6.07, 6.45) is -14.8. The first-order chi connectivity index (χ1) is 31.0. The summed E-state index contributed by atoms with van der Waals surface area (Å²) in [5.41, 5.74) is -6.67. The van der Waals surface area contributed by atoms with Gasteiger partial charge in [-0.15, -0.1) is 0 Å². The van der Waals surface area contributed by atoms with Crippen molar-refractivity contribution in [2.24, 2.45) is 4.99 Å². The van der Waals surface area contributed by atoms with Gasteiger partial charge in [-0.25, -0.2) is 9.59 Å². The molecule has 0 aromatic heterocycles. The lowest BCUT2D eigenvalue weighted by Crippen LogP contribution is -2.49. The molecule has 0 heterocycles. The van der Waals surface area contributed by atoms with Crippen LogP contribution in [0.2, 0.25) is 0 Å². The van der Waals surface area contributed by atoms with Crippen LogP contribution in [0.15, 0.2) is 102 Å². The molecule has 0 saturated carbocycles. The normalized spacial score (nSPS) is 13.4. The first-order valence-corrected chi connectivity index (χ1v) is 20.8. The van der Waals surface area contributed by atoms with Gasteiger partial charge in [0, 0.05) is 24.5 Å². The van der Waals surface area contributed by atoms with Crippen LogP contribution >= 0.6 is 0 Å². The topological polar surface area (TPSA) is 119 Å². The number of alkyl halides is 12. The third-order valence-corrected chi connectivity index (χ3v) is 9.82. The van der Waals surface area contributed by atoms with Crippen LogP contribution < -0.4 is 31.9 Å². The zero-order valence-electron chi connectivity index (χ0n) is 35.5. The van der Waals surface area contributed by atoms with Crippen LogP contribution in [0.25, 0.3) is 0 Å². The average molecular weight is 948 g/mol. The standard InChI is InChI=1S/C45H49F12N7O2/c1-2-3-4-5-6-13-18-58-39(59-27-37(19-29-14-9-7-10-15-29)63-40(65)61-35-23-31(42(46,47)48)21-32(24-35)43(49,50)51)60-28-38(20-30-16-11-8-12-17-30)64-41(66)62-36-25-33(44(52,53)54)22-34(26-36)45(55,56)57/h7-12,14-17,21-26,37-38H,2-6,13,18-20,27-28H2,1H3,(H2,58,59,60)(H2,61,63,65)(H2,62,64,66)/t37-,38-/m0/s1. The highest BCUT2D eigenvalue weighted by Crippen LogP contribution is 2.39. The first-order valence-electron chi connectivity index (χ1n) is 20.8. The fourth-order valence-electron chi connectivity index (χ4n) is 6.60. The summed E-state index contributed by atoms with van der Waals surface area (Å²) in [4.78, 5) is 31.1. The third kappa shape index (κ3) is 18.4. The molecule has 0 spiro atoms. The summed E-state index contributed by atoms with van der Waals surface area (Å²) in [5, 5.41) is 15.6. The van der Waals surface area contributed by atoms with Crippen molar-refractivity contribution >= 4 is 29.4 Å². The molecule has 4 amide bonds. The van der Waals surface area contributed by atoms with Crippen molar-refractivity contribution in [3.63, 3.8) is 0 Å². The predicted molar refractivity (Wildman–Crippen MR) is 227 cm³/mol. The maximum absolute atomic E-state index is 13.5. The van der Waals surface area contributed by atoms with E-state index in [9.17, 15) is 62.3 Å². The molecule has 0 fully saturated rings. The smallest absolute Gasteiger partial charge is 0.356 e. The van der Waals surface area contributed by atoms with Crippen LogP contribution in [-0.2, 0) is 37.5 Å². The number of guanidine groups is 1. The third-order valence-electron chi connectivity index (χ3n) is 9.82. The molecule has 21 heteroatoms. The number of hydrogen-bond donors (Lipinski definition) is 6. The van der Waals surface area contributed by atoms with E-state index in [0.717, 1.165) is 32.1 Å². The quantitative estimate of drug-likeness (QED) is 0.0243. The number of nitrogens with one attached hydrogen (secondary N) is 6. The van der Waals surface area contributed by atoms with E-state index in [-0.39, 0.29) is 44.0 Å². The van der Waals surface area contributed by atoms with E-state index in [2.05, 4.69) is 43.8 Å². The van der Waals surface area contributed by atoms with Gasteiger partial charge in [-0.3, -0.25) is 4.99 Å². The number of rotatable bonds is 19. The van der Waals surface area contributed by atoms with Gasteiger partial charge in [0.15, 0.2) is 5.96 Å². The second-order valence-electron chi connectivity index (χ2n) is 15.3. The number of aliphatic imine (C=N–C) groups is 1. The number of unbranched alkanes of at least 4 members (excludes halogenated alkanes) is 5. The summed E-state index contributed by atoms with van der Waals surface area (Å²) in [6.45, 7) is 2.14. The number of halogens is 12. The van der Waals surface area contributed by atoms with Crippen molar-refractivity contribution in [1.29, 1.82) is 0 Å². The van der Waals surface area contributed by atoms with Crippen molar-refractivity contribution in [2.75, 3.05) is 30.3 Å². The SMILES string of the molecule is CCCCCCCCNC(=NC[C@H](Cc1ccccc1)NC(=O)Nc1cc(C(F)(F)F)cc(C(F)(F)F)c1)NC[C@H](Cc1ccccc1)NC(=O)Nc1cc(C(F)(F)F)cc(C(F)(F)F)c1. The van der Waals surface area contributed by atoms with Crippen LogP contribution in [0.3, 0.4) is 0 Å². The first kappa shape index (κ1) is 52.5. The van der Waals surface area contributed by atoms with E-state index >= 15 is 0 Å². The van der Waals surface area contributed by atoms with E-state index in [1.54, 1.807) is 60.7 Å². The molecule has 360 valence electrons. The Morgan fingerprint density at radius 1 is 0.515 bits per heavy atom. The second-order valence-corrected chi connectivity index (χ2v) is 15.3. The van der Waals surface area contributed by atoms with Gasteiger partial charge >= 0.3 is 36.8 Å². The minimum atomic E-state index is -5.16. The molecule has 4 aromatic carbocycles. The average Bonchev–Trinajstić information content (AvgIpc) is 3.23. The number of carbonyl (C=O) groups excluding carboxylic acids is 2.